The molecule has 0 bridgehead atoms. The molecule has 3 aromatic rings. The molecule has 1 atom stereocenters. The second-order valence-corrected chi connectivity index (χ2v) is 10.5. The molecule has 1 aromatic heterocycles. The summed E-state index contributed by atoms with van der Waals surface area (Å²) in [5, 5.41) is 5.55. The molecule has 7 nitrogen and oxygen atoms in total. The van der Waals surface area contributed by atoms with Crippen molar-refractivity contribution in [2.24, 2.45) is 0 Å². The summed E-state index contributed by atoms with van der Waals surface area (Å²) in [6.45, 7) is 1.52. The van der Waals surface area contributed by atoms with Crippen LogP contribution >= 0.6 is 23.6 Å². The monoisotopic (exact) mass is 495 g/mol. The number of sulfonamides is 1. The van der Waals surface area contributed by atoms with Crippen molar-refractivity contribution in [2.45, 2.75) is 12.5 Å². The van der Waals surface area contributed by atoms with Crippen LogP contribution in [0.5, 0.6) is 5.75 Å². The average molecular weight is 496 g/mol. The number of thiocarbonyl (C=S) groups is 1. The zero-order chi connectivity index (χ0) is 23.5. The number of thiophene rings is 1. The Morgan fingerprint density at radius 3 is 2.50 bits per heavy atom. The number of halogens is 1. The topological polar surface area (TPSA) is 96.5 Å². The van der Waals surface area contributed by atoms with E-state index in [0.717, 1.165) is 11.3 Å². The van der Waals surface area contributed by atoms with Crippen LogP contribution in [0.2, 0.25) is 0 Å². The van der Waals surface area contributed by atoms with Crippen molar-refractivity contribution in [3.8, 4) is 5.75 Å². The lowest BCUT2D eigenvalue weighted by atomic mass is 10.0. The third-order valence-electron chi connectivity index (χ3n) is 4.78. The molecule has 2 aromatic carbocycles. The predicted octanol–water partition coefficient (Wildman–Crippen LogP) is 3.12. The van der Waals surface area contributed by atoms with Gasteiger partial charge in [0, 0.05) is 10.9 Å². The Bertz CT molecular complexity index is 1260. The number of ether oxygens (including phenoxy) is 1. The largest absolute Gasteiger partial charge is 0.495 e. The van der Waals surface area contributed by atoms with Crippen LogP contribution in [0.4, 0.5) is 4.39 Å². The molecule has 32 heavy (non-hydrogen) atoms. The van der Waals surface area contributed by atoms with Crippen LogP contribution < -0.4 is 20.1 Å². The van der Waals surface area contributed by atoms with Crippen molar-refractivity contribution < 1.29 is 22.3 Å². The quantitative estimate of drug-likeness (QED) is 0.436. The first kappa shape index (κ1) is 24.1. The molecule has 11 heteroatoms. The Morgan fingerprint density at radius 2 is 1.88 bits per heavy atom. The molecule has 0 aliphatic carbocycles. The molecule has 1 amide bonds. The van der Waals surface area contributed by atoms with E-state index in [0.29, 0.717) is 21.4 Å². The molecule has 1 heterocycles. The molecule has 3 rings (SSSR count). The zero-order valence-electron chi connectivity index (χ0n) is 17.6. The Kier molecular flexibility index (Phi) is 7.13. The van der Waals surface area contributed by atoms with E-state index in [-0.39, 0.29) is 9.99 Å². The highest BCUT2D eigenvalue weighted by Gasteiger charge is 2.38. The van der Waals surface area contributed by atoms with Gasteiger partial charge in [0.25, 0.3) is 5.91 Å². The number of nitrogens with one attached hydrogen (secondary N) is 3. The summed E-state index contributed by atoms with van der Waals surface area (Å²) in [6.07, 6.45) is 0. The molecule has 3 N–H and O–H groups in total. The van der Waals surface area contributed by atoms with Crippen LogP contribution in [-0.4, -0.2) is 39.3 Å². The average Bonchev–Trinajstić information content (AvgIpc) is 3.11. The minimum absolute atomic E-state index is 0.118. The van der Waals surface area contributed by atoms with Gasteiger partial charge in [-0.05, 0) is 44.4 Å². The number of carbonyl (C=O) groups excluding carboxylic acids is 1. The van der Waals surface area contributed by atoms with Gasteiger partial charge in [-0.1, -0.05) is 30.3 Å². The summed E-state index contributed by atoms with van der Waals surface area (Å²) in [5.41, 5.74) is -1.11. The maximum Gasteiger partial charge on any atom is 0.257 e. The number of hydrogen-bond donors (Lipinski definition) is 3. The second kappa shape index (κ2) is 9.49. The third-order valence-corrected chi connectivity index (χ3v) is 8.02. The van der Waals surface area contributed by atoms with Crippen LogP contribution in [0.25, 0.3) is 10.1 Å². The van der Waals surface area contributed by atoms with E-state index in [9.17, 15) is 13.2 Å². The van der Waals surface area contributed by atoms with Crippen molar-refractivity contribution in [1.29, 1.82) is 0 Å². The molecule has 0 unspecified atom stereocenters. The van der Waals surface area contributed by atoms with Gasteiger partial charge in [-0.25, -0.2) is 17.5 Å². The van der Waals surface area contributed by atoms with Crippen molar-refractivity contribution in [3.05, 3.63) is 64.8 Å². The van der Waals surface area contributed by atoms with Crippen LogP contribution in [-0.2, 0) is 15.6 Å². The van der Waals surface area contributed by atoms with E-state index in [4.69, 9.17) is 17.0 Å². The Hall–Kier alpha value is -2.60. The molecular weight excluding hydrogens is 473 g/mol. The molecule has 0 saturated heterocycles. The number of fused-ring (bicyclic) bond motifs is 1. The van der Waals surface area contributed by atoms with E-state index < -0.39 is 33.0 Å². The first-order valence-corrected chi connectivity index (χ1v) is 12.3. The summed E-state index contributed by atoms with van der Waals surface area (Å²) in [5.74, 6) is -1.11. The molecule has 0 spiro atoms. The van der Waals surface area contributed by atoms with Gasteiger partial charge >= 0.3 is 0 Å². The zero-order valence-corrected chi connectivity index (χ0v) is 20.0. The fraction of sp³-hybridized carbons (Fsp3) is 0.238. The fourth-order valence-corrected chi connectivity index (χ4v) is 6.04. The van der Waals surface area contributed by atoms with Crippen LogP contribution in [0.15, 0.2) is 48.5 Å². The van der Waals surface area contributed by atoms with Crippen molar-refractivity contribution >= 4 is 54.7 Å². The van der Waals surface area contributed by atoms with Crippen LogP contribution in [0.1, 0.15) is 22.2 Å². The second-order valence-electron chi connectivity index (χ2n) is 7.15. The number of hydrogen-bond acceptors (Lipinski definition) is 6. The van der Waals surface area contributed by atoms with Crippen molar-refractivity contribution in [2.75, 3.05) is 19.9 Å². The highest BCUT2D eigenvalue weighted by molar-refractivity contribution is 7.89. The first-order valence-electron chi connectivity index (χ1n) is 9.45. The molecule has 0 aliphatic rings. The number of methoxy groups -OCH3 is 1. The standard InChI is InChI=1S/C21H22FN3O4S3/c1-21(12-32(27,28)23-2,25-20(30)24-19(26)13-8-5-4-6-9-13)18-16(22)14-10-7-11-15(29-3)17(14)31-18/h4-11,23H,12H2,1-3H3,(H2,24,25,26,30)/t21-/m0/s1. The minimum atomic E-state index is -3.80. The molecular formula is C21H22FN3O4S3. The normalized spacial score (nSPS) is 13.4. The van der Waals surface area contributed by atoms with Gasteiger partial charge in [-0.15, -0.1) is 11.3 Å². The van der Waals surface area contributed by atoms with Gasteiger partial charge < -0.3 is 10.1 Å². The molecule has 170 valence electrons. The summed E-state index contributed by atoms with van der Waals surface area (Å²) < 4.78 is 48.4. The number of benzene rings is 2. The van der Waals surface area contributed by atoms with E-state index in [1.165, 1.54) is 21.1 Å². The number of carbonyl (C=O) groups is 1. The lowest BCUT2D eigenvalue weighted by Crippen LogP contribution is -2.53. The summed E-state index contributed by atoms with van der Waals surface area (Å²) in [7, 11) is -1.05. The predicted molar refractivity (Wildman–Crippen MR) is 128 cm³/mol. The van der Waals surface area contributed by atoms with Gasteiger partial charge in [0.2, 0.25) is 10.0 Å². The third kappa shape index (κ3) is 5.07. The highest BCUT2D eigenvalue weighted by Crippen LogP contribution is 2.41. The van der Waals surface area contributed by atoms with E-state index in [1.54, 1.807) is 48.5 Å². The van der Waals surface area contributed by atoms with E-state index >= 15 is 4.39 Å². The lowest BCUT2D eigenvalue weighted by Gasteiger charge is -2.31. The SMILES string of the molecule is CNS(=O)(=O)C[C@](C)(NC(=S)NC(=O)c1ccccc1)c1sc2c(OC)cccc2c1F. The first-order chi connectivity index (χ1) is 15.1. The van der Waals surface area contributed by atoms with Gasteiger partial charge in [-0.2, -0.15) is 0 Å². The maximum absolute atomic E-state index is 15.5. The summed E-state index contributed by atoms with van der Waals surface area (Å²) >= 11 is 6.34. The Morgan fingerprint density at radius 1 is 1.19 bits per heavy atom. The van der Waals surface area contributed by atoms with Gasteiger partial charge in [-0.3, -0.25) is 10.1 Å². The van der Waals surface area contributed by atoms with Crippen molar-refractivity contribution in [1.82, 2.24) is 15.4 Å². The number of rotatable bonds is 7. The minimum Gasteiger partial charge on any atom is -0.495 e. The smallest absolute Gasteiger partial charge is 0.257 e. The Labute approximate surface area is 195 Å². The van der Waals surface area contributed by atoms with Gasteiger partial charge in [0.15, 0.2) is 5.11 Å². The lowest BCUT2D eigenvalue weighted by molar-refractivity contribution is 0.0976. The summed E-state index contributed by atoms with van der Waals surface area (Å²) in [4.78, 5) is 12.6. The van der Waals surface area contributed by atoms with Crippen molar-refractivity contribution in [3.63, 3.8) is 0 Å². The molecule has 0 aliphatic heterocycles. The Balaban J connectivity index is 2.00. The maximum atomic E-state index is 15.5. The van der Waals surface area contributed by atoms with Gasteiger partial charge in [0.1, 0.15) is 11.6 Å². The summed E-state index contributed by atoms with van der Waals surface area (Å²) in [6, 6.07) is 13.3. The van der Waals surface area contributed by atoms with Crippen LogP contribution in [0, 0.1) is 5.82 Å². The molecule has 0 fully saturated rings. The molecule has 0 saturated carbocycles. The highest BCUT2D eigenvalue weighted by atomic mass is 32.2. The van der Waals surface area contributed by atoms with Crippen LogP contribution in [0.3, 0.4) is 0 Å². The molecule has 0 radical (unpaired) electrons. The number of amides is 1. The fourth-order valence-electron chi connectivity index (χ4n) is 3.24. The van der Waals surface area contributed by atoms with Gasteiger partial charge in [0.05, 0.1) is 28.0 Å². The van der Waals surface area contributed by atoms with E-state index in [2.05, 4.69) is 15.4 Å². The van der Waals surface area contributed by atoms with E-state index in [1.807, 2.05) is 0 Å².